The van der Waals surface area contributed by atoms with Crippen molar-refractivity contribution in [1.29, 1.82) is 0 Å². The standard InChI is InChI=1S/C6H11NOS/c1-5(2)6(8)7(3)9-4/h1H2,2-4H3. The third-order valence-corrected chi connectivity index (χ3v) is 1.64. The molecule has 0 heterocycles. The molecule has 3 heteroatoms. The van der Waals surface area contributed by atoms with Gasteiger partial charge < -0.3 is 0 Å². The Balaban J connectivity index is 3.88. The summed E-state index contributed by atoms with van der Waals surface area (Å²) < 4.78 is 1.54. The molecule has 0 aromatic heterocycles. The summed E-state index contributed by atoms with van der Waals surface area (Å²) in [4.78, 5) is 10.9. The zero-order valence-corrected chi connectivity index (χ0v) is 6.79. The summed E-state index contributed by atoms with van der Waals surface area (Å²) in [5.74, 6) is -0.0116. The van der Waals surface area contributed by atoms with Crippen LogP contribution in [-0.2, 0) is 4.79 Å². The Morgan fingerprint density at radius 1 is 1.67 bits per heavy atom. The summed E-state index contributed by atoms with van der Waals surface area (Å²) in [5.41, 5.74) is 0.576. The van der Waals surface area contributed by atoms with Gasteiger partial charge in [0, 0.05) is 18.9 Å². The van der Waals surface area contributed by atoms with Crippen molar-refractivity contribution in [1.82, 2.24) is 4.31 Å². The Morgan fingerprint density at radius 3 is 2.22 bits per heavy atom. The minimum atomic E-state index is -0.0116. The molecule has 52 valence electrons. The maximum Gasteiger partial charge on any atom is 0.258 e. The molecular formula is C6H11NOS. The zero-order chi connectivity index (χ0) is 7.44. The van der Waals surface area contributed by atoms with Crippen molar-refractivity contribution in [3.8, 4) is 0 Å². The van der Waals surface area contributed by atoms with E-state index in [1.54, 1.807) is 18.3 Å². The Hall–Kier alpha value is -0.440. The molecule has 0 radical (unpaired) electrons. The van der Waals surface area contributed by atoms with Gasteiger partial charge in [0.1, 0.15) is 0 Å². The lowest BCUT2D eigenvalue weighted by Gasteiger charge is -2.11. The van der Waals surface area contributed by atoms with Crippen LogP contribution in [0.4, 0.5) is 0 Å². The Kier molecular flexibility index (Phi) is 3.39. The van der Waals surface area contributed by atoms with Gasteiger partial charge in [-0.15, -0.1) is 0 Å². The van der Waals surface area contributed by atoms with Crippen LogP contribution in [0.25, 0.3) is 0 Å². The summed E-state index contributed by atoms with van der Waals surface area (Å²) in [7, 11) is 1.72. The molecule has 0 fully saturated rings. The smallest absolute Gasteiger partial charge is 0.258 e. The molecule has 0 saturated heterocycles. The van der Waals surface area contributed by atoms with Gasteiger partial charge in [0.25, 0.3) is 5.91 Å². The molecule has 0 spiro atoms. The van der Waals surface area contributed by atoms with Gasteiger partial charge >= 0.3 is 0 Å². The van der Waals surface area contributed by atoms with E-state index >= 15 is 0 Å². The molecule has 9 heavy (non-hydrogen) atoms. The predicted molar refractivity (Wildman–Crippen MR) is 41.1 cm³/mol. The van der Waals surface area contributed by atoms with Gasteiger partial charge in [-0.3, -0.25) is 9.10 Å². The molecule has 0 aromatic carbocycles. The monoisotopic (exact) mass is 145 g/mol. The van der Waals surface area contributed by atoms with E-state index in [1.807, 2.05) is 6.26 Å². The second-order valence-corrected chi connectivity index (χ2v) is 2.68. The van der Waals surface area contributed by atoms with Crippen molar-refractivity contribution >= 4 is 17.9 Å². The van der Waals surface area contributed by atoms with Crippen molar-refractivity contribution in [3.63, 3.8) is 0 Å². The minimum Gasteiger partial charge on any atom is -0.286 e. The minimum absolute atomic E-state index is 0.0116. The fourth-order valence-corrected chi connectivity index (χ4v) is 0.673. The Morgan fingerprint density at radius 2 is 2.11 bits per heavy atom. The van der Waals surface area contributed by atoms with E-state index in [-0.39, 0.29) is 5.91 Å². The number of rotatable bonds is 2. The molecule has 0 aliphatic carbocycles. The van der Waals surface area contributed by atoms with E-state index in [1.165, 1.54) is 11.9 Å². The molecule has 1 amide bonds. The number of likely N-dealkylation sites (N-methyl/N-ethyl adjacent to an activating group) is 1. The first-order valence-electron chi connectivity index (χ1n) is 2.57. The molecule has 0 atom stereocenters. The largest absolute Gasteiger partial charge is 0.286 e. The highest BCUT2D eigenvalue weighted by Crippen LogP contribution is 2.04. The Bertz CT molecular complexity index is 133. The molecule has 0 N–H and O–H groups in total. The lowest BCUT2D eigenvalue weighted by molar-refractivity contribution is -0.121. The maximum atomic E-state index is 10.9. The van der Waals surface area contributed by atoms with Crippen molar-refractivity contribution < 1.29 is 4.79 Å². The number of hydrogen-bond acceptors (Lipinski definition) is 2. The molecule has 0 unspecified atom stereocenters. The lowest BCUT2D eigenvalue weighted by Crippen LogP contribution is -2.18. The van der Waals surface area contributed by atoms with E-state index in [4.69, 9.17) is 0 Å². The summed E-state index contributed by atoms with van der Waals surface area (Å²) in [6, 6.07) is 0. The van der Waals surface area contributed by atoms with Gasteiger partial charge in [-0.25, -0.2) is 0 Å². The van der Waals surface area contributed by atoms with E-state index in [2.05, 4.69) is 6.58 Å². The van der Waals surface area contributed by atoms with E-state index < -0.39 is 0 Å². The average molecular weight is 145 g/mol. The van der Waals surface area contributed by atoms with E-state index in [9.17, 15) is 4.79 Å². The third-order valence-electron chi connectivity index (χ3n) is 0.925. The topological polar surface area (TPSA) is 20.3 Å². The number of carbonyl (C=O) groups excluding carboxylic acids is 1. The van der Waals surface area contributed by atoms with Crippen molar-refractivity contribution in [3.05, 3.63) is 12.2 Å². The highest BCUT2D eigenvalue weighted by Gasteiger charge is 2.05. The van der Waals surface area contributed by atoms with Crippen LogP contribution in [-0.4, -0.2) is 23.5 Å². The van der Waals surface area contributed by atoms with Crippen molar-refractivity contribution in [2.45, 2.75) is 6.92 Å². The summed E-state index contributed by atoms with van der Waals surface area (Å²) in [6.07, 6.45) is 1.85. The van der Waals surface area contributed by atoms with Gasteiger partial charge in [0.15, 0.2) is 0 Å². The van der Waals surface area contributed by atoms with Gasteiger partial charge in [0.05, 0.1) is 0 Å². The van der Waals surface area contributed by atoms with Crippen LogP contribution in [0.2, 0.25) is 0 Å². The molecule has 2 nitrogen and oxygen atoms in total. The number of nitrogens with zero attached hydrogens (tertiary/aromatic N) is 1. The zero-order valence-electron chi connectivity index (χ0n) is 5.97. The van der Waals surface area contributed by atoms with Crippen molar-refractivity contribution in [2.75, 3.05) is 13.3 Å². The van der Waals surface area contributed by atoms with Gasteiger partial charge in [-0.2, -0.15) is 0 Å². The van der Waals surface area contributed by atoms with Crippen LogP contribution in [0.15, 0.2) is 12.2 Å². The number of carbonyl (C=O) groups is 1. The van der Waals surface area contributed by atoms with E-state index in [0.717, 1.165) is 0 Å². The summed E-state index contributed by atoms with van der Waals surface area (Å²) in [5, 5.41) is 0. The molecule has 0 aromatic rings. The quantitative estimate of drug-likeness (QED) is 0.431. The fourth-order valence-electron chi connectivity index (χ4n) is 0.352. The highest BCUT2D eigenvalue weighted by molar-refractivity contribution is 7.96. The van der Waals surface area contributed by atoms with Crippen LogP contribution < -0.4 is 0 Å². The molecule has 0 aliphatic heterocycles. The van der Waals surface area contributed by atoms with Crippen LogP contribution >= 0.6 is 11.9 Å². The number of amides is 1. The van der Waals surface area contributed by atoms with Crippen LogP contribution in [0.5, 0.6) is 0 Å². The second kappa shape index (κ2) is 3.56. The summed E-state index contributed by atoms with van der Waals surface area (Å²) in [6.45, 7) is 5.22. The lowest BCUT2D eigenvalue weighted by atomic mass is 10.3. The first-order chi connectivity index (χ1) is 4.09. The Labute approximate surface area is 60.1 Å². The SMILES string of the molecule is C=C(C)C(=O)N(C)SC. The molecule has 0 aliphatic rings. The number of hydrogen-bond donors (Lipinski definition) is 0. The van der Waals surface area contributed by atoms with Gasteiger partial charge in [0.2, 0.25) is 0 Å². The molecule has 0 rings (SSSR count). The van der Waals surface area contributed by atoms with Crippen LogP contribution in [0.3, 0.4) is 0 Å². The normalized spacial score (nSPS) is 8.78. The predicted octanol–water partition coefficient (Wildman–Crippen LogP) is 1.30. The van der Waals surface area contributed by atoms with Crippen LogP contribution in [0.1, 0.15) is 6.92 Å². The second-order valence-electron chi connectivity index (χ2n) is 1.77. The molecular weight excluding hydrogens is 134 g/mol. The van der Waals surface area contributed by atoms with Gasteiger partial charge in [-0.1, -0.05) is 18.5 Å². The first-order valence-corrected chi connectivity index (χ1v) is 3.75. The fraction of sp³-hybridized carbons (Fsp3) is 0.500. The summed E-state index contributed by atoms with van der Waals surface area (Å²) >= 11 is 1.38. The van der Waals surface area contributed by atoms with E-state index in [0.29, 0.717) is 5.57 Å². The van der Waals surface area contributed by atoms with Crippen molar-refractivity contribution in [2.24, 2.45) is 0 Å². The first kappa shape index (κ1) is 8.56. The highest BCUT2D eigenvalue weighted by atomic mass is 32.2. The molecule has 0 saturated carbocycles. The maximum absolute atomic E-state index is 10.9. The molecule has 0 bridgehead atoms. The van der Waals surface area contributed by atoms with Gasteiger partial charge in [-0.05, 0) is 6.92 Å². The third kappa shape index (κ3) is 2.56. The average Bonchev–Trinajstić information content (AvgIpc) is 1.84. The van der Waals surface area contributed by atoms with Crippen LogP contribution in [0, 0.1) is 0 Å².